The van der Waals surface area contributed by atoms with E-state index < -0.39 is 11.5 Å². The van der Waals surface area contributed by atoms with E-state index in [1.807, 2.05) is 0 Å². The summed E-state index contributed by atoms with van der Waals surface area (Å²) in [6, 6.07) is 0. The van der Waals surface area contributed by atoms with Gasteiger partial charge in [-0.05, 0) is 55.8 Å². The summed E-state index contributed by atoms with van der Waals surface area (Å²) >= 11 is 11.9. The molecule has 0 aromatic carbocycles. The number of rotatable bonds is 3. The van der Waals surface area contributed by atoms with Gasteiger partial charge in [0.25, 0.3) is 5.56 Å². The predicted molar refractivity (Wildman–Crippen MR) is 85.9 cm³/mol. The molecule has 1 aromatic heterocycles. The van der Waals surface area contributed by atoms with Crippen molar-refractivity contribution < 1.29 is 9.90 Å². The quantitative estimate of drug-likeness (QED) is 0.901. The molecule has 4 saturated carbocycles. The van der Waals surface area contributed by atoms with Crippen LogP contribution < -0.4 is 5.56 Å². The Morgan fingerprint density at radius 1 is 1.30 bits per heavy atom. The number of hydrogen-bond donors (Lipinski definition) is 1. The lowest BCUT2D eigenvalue weighted by molar-refractivity contribution is -0.151. The van der Waals surface area contributed by atoms with Crippen LogP contribution in [0.2, 0.25) is 10.0 Å². The van der Waals surface area contributed by atoms with Gasteiger partial charge in [-0.2, -0.15) is 5.10 Å². The van der Waals surface area contributed by atoms with Crippen LogP contribution in [0.4, 0.5) is 0 Å². The van der Waals surface area contributed by atoms with Crippen LogP contribution in [0.1, 0.15) is 44.9 Å². The molecule has 7 heteroatoms. The fraction of sp³-hybridized carbons (Fsp3) is 0.688. The van der Waals surface area contributed by atoms with Crippen molar-refractivity contribution in [2.75, 3.05) is 0 Å². The van der Waals surface area contributed by atoms with E-state index in [1.165, 1.54) is 10.9 Å². The predicted octanol–water partition coefficient (Wildman–Crippen LogP) is 3.32. The molecule has 124 valence electrons. The molecule has 2 atom stereocenters. The van der Waals surface area contributed by atoms with E-state index in [9.17, 15) is 14.7 Å². The molecule has 5 nitrogen and oxygen atoms in total. The van der Waals surface area contributed by atoms with Crippen molar-refractivity contribution in [1.29, 1.82) is 0 Å². The molecule has 5 rings (SSSR count). The Kier molecular flexibility index (Phi) is 3.34. The van der Waals surface area contributed by atoms with Crippen molar-refractivity contribution in [1.82, 2.24) is 9.78 Å². The van der Waals surface area contributed by atoms with Gasteiger partial charge >= 0.3 is 5.97 Å². The van der Waals surface area contributed by atoms with Gasteiger partial charge in [0.1, 0.15) is 5.02 Å². The van der Waals surface area contributed by atoms with E-state index >= 15 is 0 Å². The van der Waals surface area contributed by atoms with E-state index in [1.54, 1.807) is 0 Å². The van der Waals surface area contributed by atoms with Crippen molar-refractivity contribution in [3.63, 3.8) is 0 Å². The second kappa shape index (κ2) is 4.96. The summed E-state index contributed by atoms with van der Waals surface area (Å²) in [7, 11) is 0. The molecule has 1 heterocycles. The van der Waals surface area contributed by atoms with Gasteiger partial charge in [0.05, 0.1) is 23.2 Å². The van der Waals surface area contributed by atoms with Crippen LogP contribution in [0.25, 0.3) is 0 Å². The first-order valence-corrected chi connectivity index (χ1v) is 8.74. The molecule has 4 aliphatic carbocycles. The number of carboxylic acids is 1. The molecule has 0 saturated heterocycles. The van der Waals surface area contributed by atoms with Gasteiger partial charge in [0.2, 0.25) is 0 Å². The Balaban J connectivity index is 1.81. The van der Waals surface area contributed by atoms with Crippen molar-refractivity contribution in [3.8, 4) is 0 Å². The van der Waals surface area contributed by atoms with Gasteiger partial charge in [-0.25, -0.2) is 4.68 Å². The van der Waals surface area contributed by atoms with E-state index in [-0.39, 0.29) is 27.4 Å². The third kappa shape index (κ3) is 2.31. The molecule has 4 fully saturated rings. The van der Waals surface area contributed by atoms with Crippen LogP contribution in [0, 0.1) is 17.3 Å². The monoisotopic (exact) mass is 356 g/mol. The Bertz CT molecular complexity index is 731. The van der Waals surface area contributed by atoms with E-state index in [0.717, 1.165) is 32.1 Å². The lowest BCUT2D eigenvalue weighted by atomic mass is 9.46. The van der Waals surface area contributed by atoms with Gasteiger partial charge in [0, 0.05) is 0 Å². The van der Waals surface area contributed by atoms with Gasteiger partial charge in [-0.1, -0.05) is 23.2 Å². The van der Waals surface area contributed by atoms with Crippen molar-refractivity contribution in [3.05, 3.63) is 26.6 Å². The maximum absolute atomic E-state index is 12.6. The summed E-state index contributed by atoms with van der Waals surface area (Å²) in [5.41, 5.74) is -0.958. The number of nitrogens with zero attached hydrogens (tertiary/aromatic N) is 2. The molecular weight excluding hydrogens is 339 g/mol. The lowest BCUT2D eigenvalue weighted by Gasteiger charge is -2.61. The third-order valence-corrected chi connectivity index (χ3v) is 6.75. The smallest absolute Gasteiger partial charge is 0.303 e. The fourth-order valence-electron chi connectivity index (χ4n) is 5.93. The molecular formula is C16H18Cl2N2O3. The van der Waals surface area contributed by atoms with Crippen molar-refractivity contribution >= 4 is 29.2 Å². The highest BCUT2D eigenvalue weighted by atomic mass is 35.5. The zero-order valence-electron chi connectivity index (χ0n) is 12.6. The zero-order chi connectivity index (χ0) is 16.4. The number of carbonyl (C=O) groups is 1. The minimum atomic E-state index is -0.753. The van der Waals surface area contributed by atoms with Crippen LogP contribution in [-0.2, 0) is 10.3 Å². The second-order valence-corrected chi connectivity index (χ2v) is 8.56. The number of halogens is 2. The van der Waals surface area contributed by atoms with Crippen molar-refractivity contribution in [2.45, 2.75) is 50.5 Å². The second-order valence-electron chi connectivity index (χ2n) is 7.78. The number of carboxylic acid groups (broad SMARTS) is 1. The van der Waals surface area contributed by atoms with Crippen LogP contribution >= 0.6 is 23.2 Å². The highest BCUT2D eigenvalue weighted by Gasteiger charge is 2.59. The van der Waals surface area contributed by atoms with Gasteiger partial charge in [-0.15, -0.1) is 0 Å². The molecule has 0 spiro atoms. The number of aliphatic carboxylic acids is 1. The highest BCUT2D eigenvalue weighted by Crippen LogP contribution is 2.64. The topological polar surface area (TPSA) is 72.2 Å². The molecule has 1 aromatic rings. The molecule has 4 aliphatic rings. The maximum atomic E-state index is 12.6. The normalized spacial score (nSPS) is 38.0. The minimum absolute atomic E-state index is 0.00435. The summed E-state index contributed by atoms with van der Waals surface area (Å²) in [5.74, 6) is 0.189. The summed E-state index contributed by atoms with van der Waals surface area (Å²) in [4.78, 5) is 24.0. The summed E-state index contributed by atoms with van der Waals surface area (Å²) in [6.07, 6.45) is 7.11. The summed E-state index contributed by atoms with van der Waals surface area (Å²) in [5, 5.41) is 13.8. The van der Waals surface area contributed by atoms with Crippen LogP contribution in [0.5, 0.6) is 0 Å². The Labute approximate surface area is 143 Å². The molecule has 23 heavy (non-hydrogen) atoms. The standard InChI is InChI=1S/C16H18Cl2N2O3/c17-11-7-19-20(14(23)13(11)18)16-4-9-1-10(5-16)3-15(2-9,8-16)6-12(21)22/h7,9-10H,1-6,8H2,(H,21,22). The fourth-order valence-corrected chi connectivity index (χ4v) is 6.18. The summed E-state index contributed by atoms with van der Waals surface area (Å²) in [6.45, 7) is 0. The maximum Gasteiger partial charge on any atom is 0.303 e. The van der Waals surface area contributed by atoms with E-state index in [0.29, 0.717) is 18.3 Å². The van der Waals surface area contributed by atoms with E-state index in [2.05, 4.69) is 5.10 Å². The Morgan fingerprint density at radius 3 is 2.57 bits per heavy atom. The van der Waals surface area contributed by atoms with Gasteiger partial charge in [0.15, 0.2) is 0 Å². The van der Waals surface area contributed by atoms with Crippen LogP contribution in [0.3, 0.4) is 0 Å². The summed E-state index contributed by atoms with van der Waals surface area (Å²) < 4.78 is 1.51. The molecule has 4 bridgehead atoms. The lowest BCUT2D eigenvalue weighted by Crippen LogP contribution is -2.59. The van der Waals surface area contributed by atoms with Crippen molar-refractivity contribution in [2.24, 2.45) is 17.3 Å². The Hall–Kier alpha value is -1.07. The first kappa shape index (κ1) is 15.5. The Morgan fingerprint density at radius 2 is 1.96 bits per heavy atom. The van der Waals surface area contributed by atoms with Crippen LogP contribution in [0.15, 0.2) is 11.0 Å². The van der Waals surface area contributed by atoms with Gasteiger partial charge < -0.3 is 5.11 Å². The minimum Gasteiger partial charge on any atom is -0.481 e. The molecule has 0 radical (unpaired) electrons. The molecule has 1 N–H and O–H groups in total. The first-order chi connectivity index (χ1) is 10.8. The van der Waals surface area contributed by atoms with E-state index in [4.69, 9.17) is 23.2 Å². The highest BCUT2D eigenvalue weighted by molar-refractivity contribution is 6.41. The largest absolute Gasteiger partial charge is 0.481 e. The average Bonchev–Trinajstić information content (AvgIpc) is 2.41. The zero-order valence-corrected chi connectivity index (χ0v) is 14.1. The molecule has 0 amide bonds. The number of hydrogen-bond acceptors (Lipinski definition) is 3. The van der Waals surface area contributed by atoms with Gasteiger partial charge in [-0.3, -0.25) is 9.59 Å². The number of aromatic nitrogens is 2. The first-order valence-electron chi connectivity index (χ1n) is 7.98. The molecule has 2 unspecified atom stereocenters. The SMILES string of the molecule is O=C(O)CC12CC3CC(C1)CC(n1ncc(Cl)c(Cl)c1=O)(C3)C2. The molecule has 0 aliphatic heterocycles. The third-order valence-electron chi connectivity index (χ3n) is 6.00. The average molecular weight is 357 g/mol. The van der Waals surface area contributed by atoms with Crippen LogP contribution in [-0.4, -0.2) is 20.9 Å².